The lowest BCUT2D eigenvalue weighted by Gasteiger charge is -2.06. The first-order valence-electron chi connectivity index (χ1n) is 7.74. The number of benzene rings is 1. The van der Waals surface area contributed by atoms with Gasteiger partial charge in [-0.2, -0.15) is 5.10 Å². The summed E-state index contributed by atoms with van der Waals surface area (Å²) in [5.74, 6) is 0.924. The number of rotatable bonds is 8. The summed E-state index contributed by atoms with van der Waals surface area (Å²) in [6.07, 6.45) is 2.24. The van der Waals surface area contributed by atoms with Gasteiger partial charge in [-0.15, -0.1) is 0 Å². The van der Waals surface area contributed by atoms with Crippen molar-refractivity contribution >= 4 is 0 Å². The van der Waals surface area contributed by atoms with Crippen molar-refractivity contribution in [3.63, 3.8) is 0 Å². The van der Waals surface area contributed by atoms with E-state index in [0.717, 1.165) is 55.2 Å². The third kappa shape index (κ3) is 4.08. The number of hydrogen-bond donors (Lipinski definition) is 2. The third-order valence-electron chi connectivity index (χ3n) is 3.56. The first kappa shape index (κ1) is 15.6. The van der Waals surface area contributed by atoms with E-state index in [1.54, 1.807) is 0 Å². The Hall–Kier alpha value is -1.81. The quantitative estimate of drug-likeness (QED) is 0.728. The van der Waals surface area contributed by atoms with Crippen molar-refractivity contribution in [2.45, 2.75) is 40.2 Å². The number of H-pyrrole nitrogens is 1. The van der Waals surface area contributed by atoms with E-state index < -0.39 is 0 Å². The summed E-state index contributed by atoms with van der Waals surface area (Å²) in [7, 11) is 0. The zero-order valence-electron chi connectivity index (χ0n) is 13.2. The second-order valence-electron chi connectivity index (χ2n) is 5.18. The van der Waals surface area contributed by atoms with Crippen molar-refractivity contribution in [3.8, 4) is 17.0 Å². The Morgan fingerprint density at radius 2 is 1.95 bits per heavy atom. The summed E-state index contributed by atoms with van der Waals surface area (Å²) in [4.78, 5) is 0. The minimum Gasteiger partial charge on any atom is -0.494 e. The molecular formula is C17H25N3O. The highest BCUT2D eigenvalue weighted by Gasteiger charge is 2.10. The van der Waals surface area contributed by atoms with Crippen LogP contribution in [-0.2, 0) is 6.54 Å². The molecule has 0 aliphatic rings. The maximum Gasteiger partial charge on any atom is 0.119 e. The molecule has 0 saturated heterocycles. The molecule has 0 fully saturated rings. The molecule has 114 valence electrons. The van der Waals surface area contributed by atoms with Gasteiger partial charge in [-0.25, -0.2) is 0 Å². The van der Waals surface area contributed by atoms with Crippen molar-refractivity contribution in [3.05, 3.63) is 35.5 Å². The topological polar surface area (TPSA) is 49.9 Å². The second-order valence-corrected chi connectivity index (χ2v) is 5.18. The van der Waals surface area contributed by atoms with Crippen LogP contribution in [0.2, 0.25) is 0 Å². The number of nitrogens with one attached hydrogen (secondary N) is 2. The maximum atomic E-state index is 5.69. The molecule has 0 saturated carbocycles. The molecule has 2 N–H and O–H groups in total. The molecule has 2 aromatic rings. The van der Waals surface area contributed by atoms with E-state index in [1.807, 2.05) is 12.1 Å². The van der Waals surface area contributed by atoms with Crippen LogP contribution in [0.5, 0.6) is 5.75 Å². The van der Waals surface area contributed by atoms with Gasteiger partial charge < -0.3 is 10.1 Å². The van der Waals surface area contributed by atoms with Gasteiger partial charge in [0.2, 0.25) is 0 Å². The first-order valence-corrected chi connectivity index (χ1v) is 7.74. The smallest absolute Gasteiger partial charge is 0.119 e. The minimum atomic E-state index is 0.782. The molecule has 4 nitrogen and oxygen atoms in total. The molecular weight excluding hydrogens is 262 g/mol. The number of ether oxygens (including phenoxy) is 1. The molecule has 0 spiro atoms. The van der Waals surface area contributed by atoms with Crippen LogP contribution >= 0.6 is 0 Å². The molecule has 1 aromatic carbocycles. The lowest BCUT2D eigenvalue weighted by Crippen LogP contribution is -2.12. The summed E-state index contributed by atoms with van der Waals surface area (Å²) in [6.45, 7) is 8.94. The van der Waals surface area contributed by atoms with E-state index in [4.69, 9.17) is 4.74 Å². The van der Waals surface area contributed by atoms with Crippen LogP contribution in [-0.4, -0.2) is 23.3 Å². The van der Waals surface area contributed by atoms with Gasteiger partial charge in [0.05, 0.1) is 18.0 Å². The van der Waals surface area contributed by atoms with Crippen LogP contribution < -0.4 is 10.1 Å². The monoisotopic (exact) mass is 287 g/mol. The highest BCUT2D eigenvalue weighted by Crippen LogP contribution is 2.25. The van der Waals surface area contributed by atoms with Gasteiger partial charge in [0.15, 0.2) is 0 Å². The molecule has 0 bridgehead atoms. The van der Waals surface area contributed by atoms with Crippen LogP contribution in [0.1, 0.15) is 37.9 Å². The zero-order chi connectivity index (χ0) is 15.1. The molecule has 0 amide bonds. The second kappa shape index (κ2) is 7.84. The van der Waals surface area contributed by atoms with Crippen LogP contribution in [0.4, 0.5) is 0 Å². The molecule has 0 radical (unpaired) electrons. The van der Waals surface area contributed by atoms with Crippen LogP contribution in [0.3, 0.4) is 0 Å². The third-order valence-corrected chi connectivity index (χ3v) is 3.56. The summed E-state index contributed by atoms with van der Waals surface area (Å²) < 4.78 is 5.69. The number of aromatic nitrogens is 2. The Labute approximate surface area is 126 Å². The summed E-state index contributed by atoms with van der Waals surface area (Å²) in [5, 5.41) is 10.9. The molecule has 2 rings (SSSR count). The SMILES string of the molecule is CCCCOc1ccc(-c2n[nH]c(CNCC)c2C)cc1. The van der Waals surface area contributed by atoms with E-state index >= 15 is 0 Å². The van der Waals surface area contributed by atoms with Crippen LogP contribution in [0.25, 0.3) is 11.3 Å². The van der Waals surface area contributed by atoms with Gasteiger partial charge in [-0.05, 0) is 49.7 Å². The Bertz CT molecular complexity index is 546. The minimum absolute atomic E-state index is 0.782. The molecule has 0 unspecified atom stereocenters. The number of hydrogen-bond acceptors (Lipinski definition) is 3. The predicted octanol–water partition coefficient (Wildman–Crippen LogP) is 3.67. The Kier molecular flexibility index (Phi) is 5.81. The lowest BCUT2D eigenvalue weighted by molar-refractivity contribution is 0.309. The largest absolute Gasteiger partial charge is 0.494 e. The molecule has 4 heteroatoms. The number of nitrogens with zero attached hydrogens (tertiary/aromatic N) is 1. The molecule has 0 aliphatic heterocycles. The summed E-state index contributed by atoms with van der Waals surface area (Å²) in [6, 6.07) is 8.18. The fourth-order valence-corrected chi connectivity index (χ4v) is 2.18. The van der Waals surface area contributed by atoms with Crippen molar-refractivity contribution < 1.29 is 4.74 Å². The van der Waals surface area contributed by atoms with Gasteiger partial charge in [-0.3, -0.25) is 5.10 Å². The number of unbranched alkanes of at least 4 members (excludes halogenated alkanes) is 1. The van der Waals surface area contributed by atoms with E-state index in [2.05, 4.69) is 48.4 Å². The van der Waals surface area contributed by atoms with E-state index in [9.17, 15) is 0 Å². The zero-order valence-corrected chi connectivity index (χ0v) is 13.2. The molecule has 1 heterocycles. The van der Waals surface area contributed by atoms with Crippen molar-refractivity contribution in [2.75, 3.05) is 13.2 Å². The van der Waals surface area contributed by atoms with E-state index in [-0.39, 0.29) is 0 Å². The Morgan fingerprint density at radius 3 is 2.62 bits per heavy atom. The molecule has 1 aromatic heterocycles. The van der Waals surface area contributed by atoms with Crippen molar-refractivity contribution in [1.82, 2.24) is 15.5 Å². The van der Waals surface area contributed by atoms with Gasteiger partial charge in [-0.1, -0.05) is 20.3 Å². The highest BCUT2D eigenvalue weighted by atomic mass is 16.5. The van der Waals surface area contributed by atoms with Crippen molar-refractivity contribution in [2.24, 2.45) is 0 Å². The van der Waals surface area contributed by atoms with Gasteiger partial charge >= 0.3 is 0 Å². The highest BCUT2D eigenvalue weighted by molar-refractivity contribution is 5.64. The maximum absolute atomic E-state index is 5.69. The standard InChI is InChI=1S/C17H25N3O/c1-4-6-11-21-15-9-7-14(8-10-15)17-13(3)16(19-20-17)12-18-5-2/h7-10,18H,4-6,11-12H2,1-3H3,(H,19,20). The van der Waals surface area contributed by atoms with E-state index in [1.165, 1.54) is 5.56 Å². The fourth-order valence-electron chi connectivity index (χ4n) is 2.18. The van der Waals surface area contributed by atoms with Gasteiger partial charge in [0, 0.05) is 12.1 Å². The Morgan fingerprint density at radius 1 is 1.19 bits per heavy atom. The normalized spacial score (nSPS) is 10.8. The van der Waals surface area contributed by atoms with Crippen LogP contribution in [0.15, 0.2) is 24.3 Å². The average Bonchev–Trinajstić information content (AvgIpc) is 2.87. The summed E-state index contributed by atoms with van der Waals surface area (Å²) in [5.41, 5.74) is 4.49. The predicted molar refractivity (Wildman–Crippen MR) is 86.5 cm³/mol. The van der Waals surface area contributed by atoms with Crippen molar-refractivity contribution in [1.29, 1.82) is 0 Å². The average molecular weight is 287 g/mol. The lowest BCUT2D eigenvalue weighted by atomic mass is 10.1. The molecule has 0 atom stereocenters. The summed E-state index contributed by atoms with van der Waals surface area (Å²) >= 11 is 0. The Balaban J connectivity index is 2.06. The van der Waals surface area contributed by atoms with Gasteiger partial charge in [0.25, 0.3) is 0 Å². The first-order chi connectivity index (χ1) is 10.3. The fraction of sp³-hybridized carbons (Fsp3) is 0.471. The number of aromatic amines is 1. The molecule has 21 heavy (non-hydrogen) atoms. The van der Waals surface area contributed by atoms with Crippen LogP contribution in [0, 0.1) is 6.92 Å². The van der Waals surface area contributed by atoms with E-state index in [0.29, 0.717) is 0 Å². The molecule has 0 aliphatic carbocycles. The van der Waals surface area contributed by atoms with Gasteiger partial charge in [0.1, 0.15) is 5.75 Å².